The Morgan fingerprint density at radius 3 is 2.85 bits per heavy atom. The molecule has 0 heterocycles. The molecule has 0 aromatic heterocycles. The van der Waals surface area contributed by atoms with Crippen LogP contribution < -0.4 is 5.73 Å². The summed E-state index contributed by atoms with van der Waals surface area (Å²) >= 11 is 5.73. The van der Waals surface area contributed by atoms with Crippen molar-refractivity contribution in [3.63, 3.8) is 0 Å². The van der Waals surface area contributed by atoms with E-state index in [2.05, 4.69) is 0 Å². The number of halogens is 2. The van der Waals surface area contributed by atoms with Gasteiger partial charge in [0.25, 0.3) is 0 Å². The Morgan fingerprint density at radius 2 is 2.23 bits per heavy atom. The molecule has 13 heavy (non-hydrogen) atoms. The molecule has 4 heteroatoms. The lowest BCUT2D eigenvalue weighted by molar-refractivity contribution is 0.331. The third-order valence-corrected chi connectivity index (χ3v) is 1.99. The van der Waals surface area contributed by atoms with Crippen LogP contribution in [0.4, 0.5) is 4.39 Å². The molecule has 1 rings (SSSR count). The number of hydrogen-bond acceptors (Lipinski definition) is 2. The normalized spacial score (nSPS) is 10.8. The first kappa shape index (κ1) is 10.4. The van der Waals surface area contributed by atoms with E-state index in [4.69, 9.17) is 17.3 Å². The summed E-state index contributed by atoms with van der Waals surface area (Å²) in [6, 6.07) is 4.51. The SMILES string of the molecule is CN(CN)Cc1cc(Cl)ccc1F. The second-order valence-corrected chi connectivity index (χ2v) is 3.37. The van der Waals surface area contributed by atoms with Crippen molar-refractivity contribution in [3.8, 4) is 0 Å². The summed E-state index contributed by atoms with van der Waals surface area (Å²) in [7, 11) is 1.82. The van der Waals surface area contributed by atoms with Crippen LogP contribution in [0.5, 0.6) is 0 Å². The van der Waals surface area contributed by atoms with Gasteiger partial charge >= 0.3 is 0 Å². The quantitative estimate of drug-likeness (QED) is 0.758. The second-order valence-electron chi connectivity index (χ2n) is 2.93. The molecule has 0 aliphatic carbocycles. The van der Waals surface area contributed by atoms with Crippen LogP contribution in [0, 0.1) is 5.82 Å². The van der Waals surface area contributed by atoms with Crippen LogP contribution in [-0.2, 0) is 6.54 Å². The summed E-state index contributed by atoms with van der Waals surface area (Å²) in [6.45, 7) is 0.870. The molecule has 0 radical (unpaired) electrons. The third kappa shape index (κ3) is 2.95. The molecular formula is C9H12ClFN2. The van der Waals surface area contributed by atoms with Gasteiger partial charge in [-0.2, -0.15) is 0 Å². The smallest absolute Gasteiger partial charge is 0.127 e. The van der Waals surface area contributed by atoms with Crippen molar-refractivity contribution >= 4 is 11.6 Å². The van der Waals surface area contributed by atoms with Gasteiger partial charge in [0.1, 0.15) is 5.82 Å². The largest absolute Gasteiger partial charge is 0.318 e. The van der Waals surface area contributed by atoms with Crippen molar-refractivity contribution in [2.24, 2.45) is 5.73 Å². The Labute approximate surface area is 82.1 Å². The molecule has 2 N–H and O–H groups in total. The van der Waals surface area contributed by atoms with Crippen LogP contribution in [0.25, 0.3) is 0 Å². The summed E-state index contributed by atoms with van der Waals surface area (Å²) in [5, 5.41) is 0.543. The van der Waals surface area contributed by atoms with Crippen molar-refractivity contribution in [2.75, 3.05) is 13.7 Å². The Kier molecular flexibility index (Phi) is 3.66. The maximum Gasteiger partial charge on any atom is 0.127 e. The van der Waals surface area contributed by atoms with Crippen LogP contribution in [0.2, 0.25) is 5.02 Å². The zero-order valence-corrected chi connectivity index (χ0v) is 8.18. The van der Waals surface area contributed by atoms with Gasteiger partial charge in [-0.25, -0.2) is 4.39 Å². The predicted octanol–water partition coefficient (Wildman–Crippen LogP) is 1.83. The summed E-state index contributed by atoms with van der Waals surface area (Å²) in [5.74, 6) is -0.246. The minimum Gasteiger partial charge on any atom is -0.318 e. The lowest BCUT2D eigenvalue weighted by Crippen LogP contribution is -2.25. The van der Waals surface area contributed by atoms with Crippen molar-refractivity contribution in [3.05, 3.63) is 34.6 Å². The van der Waals surface area contributed by atoms with E-state index >= 15 is 0 Å². The molecule has 1 aromatic rings. The van der Waals surface area contributed by atoms with Gasteiger partial charge in [-0.15, -0.1) is 0 Å². The van der Waals surface area contributed by atoms with Crippen molar-refractivity contribution < 1.29 is 4.39 Å². The van der Waals surface area contributed by atoms with E-state index in [1.165, 1.54) is 12.1 Å². The zero-order chi connectivity index (χ0) is 9.84. The topological polar surface area (TPSA) is 29.3 Å². The lowest BCUT2D eigenvalue weighted by Gasteiger charge is -2.14. The fraction of sp³-hybridized carbons (Fsp3) is 0.333. The van der Waals surface area contributed by atoms with Gasteiger partial charge in [0.15, 0.2) is 0 Å². The van der Waals surface area contributed by atoms with Gasteiger partial charge < -0.3 is 5.73 Å². The molecule has 0 atom stereocenters. The molecule has 0 amide bonds. The van der Waals surface area contributed by atoms with Gasteiger partial charge in [-0.1, -0.05) is 11.6 Å². The monoisotopic (exact) mass is 202 g/mol. The van der Waals surface area contributed by atoms with Crippen LogP contribution in [-0.4, -0.2) is 18.6 Å². The van der Waals surface area contributed by atoms with Crippen LogP contribution >= 0.6 is 11.6 Å². The molecule has 0 fully saturated rings. The first-order valence-electron chi connectivity index (χ1n) is 3.96. The molecule has 1 aromatic carbocycles. The summed E-state index contributed by atoms with van der Waals surface area (Å²) in [5.41, 5.74) is 5.95. The zero-order valence-electron chi connectivity index (χ0n) is 7.43. The molecule has 0 saturated carbocycles. The molecule has 72 valence electrons. The van der Waals surface area contributed by atoms with E-state index in [0.717, 1.165) is 0 Å². The molecule has 2 nitrogen and oxygen atoms in total. The number of hydrogen-bond donors (Lipinski definition) is 1. The van der Waals surface area contributed by atoms with Gasteiger partial charge in [-0.05, 0) is 25.2 Å². The van der Waals surface area contributed by atoms with Gasteiger partial charge in [0.05, 0.1) is 0 Å². The van der Waals surface area contributed by atoms with E-state index in [9.17, 15) is 4.39 Å². The van der Waals surface area contributed by atoms with E-state index in [-0.39, 0.29) is 5.82 Å². The highest BCUT2D eigenvalue weighted by atomic mass is 35.5. The van der Waals surface area contributed by atoms with Crippen molar-refractivity contribution in [1.82, 2.24) is 4.90 Å². The van der Waals surface area contributed by atoms with E-state index < -0.39 is 0 Å². The first-order valence-corrected chi connectivity index (χ1v) is 4.34. The van der Waals surface area contributed by atoms with Gasteiger partial charge in [0, 0.05) is 23.8 Å². The molecule has 0 bridgehead atoms. The van der Waals surface area contributed by atoms with Gasteiger partial charge in [-0.3, -0.25) is 4.90 Å². The lowest BCUT2D eigenvalue weighted by atomic mass is 10.2. The molecular weight excluding hydrogens is 191 g/mol. The first-order chi connectivity index (χ1) is 6.13. The highest BCUT2D eigenvalue weighted by Gasteiger charge is 2.04. The Balaban J connectivity index is 2.81. The minimum absolute atomic E-state index is 0.246. The summed E-state index contributed by atoms with van der Waals surface area (Å²) in [6.07, 6.45) is 0. The fourth-order valence-corrected chi connectivity index (χ4v) is 1.21. The highest BCUT2D eigenvalue weighted by Crippen LogP contribution is 2.15. The van der Waals surface area contributed by atoms with Crippen molar-refractivity contribution in [1.29, 1.82) is 0 Å². The van der Waals surface area contributed by atoms with Crippen LogP contribution in [0.15, 0.2) is 18.2 Å². The third-order valence-electron chi connectivity index (χ3n) is 1.76. The maximum absolute atomic E-state index is 13.1. The second kappa shape index (κ2) is 4.56. The average molecular weight is 203 g/mol. The van der Waals surface area contributed by atoms with Crippen LogP contribution in [0.3, 0.4) is 0 Å². The molecule has 0 spiro atoms. The number of nitrogens with zero attached hydrogens (tertiary/aromatic N) is 1. The van der Waals surface area contributed by atoms with Gasteiger partial charge in [0.2, 0.25) is 0 Å². The molecule has 0 unspecified atom stereocenters. The summed E-state index contributed by atoms with van der Waals surface area (Å²) < 4.78 is 13.1. The standard InChI is InChI=1S/C9H12ClFN2/c1-13(6-12)5-7-4-8(10)2-3-9(7)11/h2-4H,5-6,12H2,1H3. The number of nitrogens with two attached hydrogens (primary N) is 1. The Bertz CT molecular complexity index is 291. The van der Waals surface area contributed by atoms with E-state index in [1.807, 2.05) is 7.05 Å². The fourth-order valence-electron chi connectivity index (χ4n) is 1.02. The summed E-state index contributed by atoms with van der Waals surface area (Å²) in [4.78, 5) is 1.80. The van der Waals surface area contributed by atoms with E-state index in [1.54, 1.807) is 11.0 Å². The minimum atomic E-state index is -0.246. The predicted molar refractivity (Wildman–Crippen MR) is 51.9 cm³/mol. The number of rotatable bonds is 3. The Hall–Kier alpha value is -0.640. The molecule has 0 saturated heterocycles. The van der Waals surface area contributed by atoms with Crippen LogP contribution in [0.1, 0.15) is 5.56 Å². The number of benzene rings is 1. The highest BCUT2D eigenvalue weighted by molar-refractivity contribution is 6.30. The van der Waals surface area contributed by atoms with E-state index in [0.29, 0.717) is 23.8 Å². The molecule has 0 aliphatic rings. The average Bonchev–Trinajstić information content (AvgIpc) is 2.11. The molecule has 0 aliphatic heterocycles. The van der Waals surface area contributed by atoms with Crippen molar-refractivity contribution in [2.45, 2.75) is 6.54 Å². The maximum atomic E-state index is 13.1. The Morgan fingerprint density at radius 1 is 1.54 bits per heavy atom.